The molecule has 3 nitrogen and oxygen atoms in total. The molecular formula is C75H75N3. The van der Waals surface area contributed by atoms with Crippen LogP contribution in [0.25, 0.3) is 22.3 Å². The summed E-state index contributed by atoms with van der Waals surface area (Å²) in [6, 6.07) is 74.4. The van der Waals surface area contributed by atoms with Gasteiger partial charge in [-0.05, 0) is 187 Å². The molecule has 2 aliphatic heterocycles. The fourth-order valence-electron chi connectivity index (χ4n) is 14.5. The maximum atomic E-state index is 2.70. The first-order valence-corrected chi connectivity index (χ1v) is 28.6. The Morgan fingerprint density at radius 1 is 0.397 bits per heavy atom. The van der Waals surface area contributed by atoms with E-state index in [1.807, 2.05) is 0 Å². The zero-order valence-corrected chi connectivity index (χ0v) is 48.0. The zero-order valence-electron chi connectivity index (χ0n) is 48.0. The Hall–Kier alpha value is -7.62. The van der Waals surface area contributed by atoms with Crippen LogP contribution in [-0.2, 0) is 27.1 Å². The topological polar surface area (TPSA) is 9.72 Å². The first kappa shape index (κ1) is 49.9. The van der Waals surface area contributed by atoms with E-state index in [0.717, 1.165) is 29.9 Å². The maximum absolute atomic E-state index is 2.70. The molecule has 390 valence electrons. The summed E-state index contributed by atoms with van der Waals surface area (Å²) in [6.45, 7) is 29.1. The standard InChI is InChI=1S/C75H75N3/c1-48-39-59-61(73(7,8)38-37-72(59,5)6)45-65(48)77-64-35-33-51(49-25-17-13-18-26-49)40-57(64)69-58-44-60-62(75(11,12)47-74(60,9)10)46-66(58)78(63-36-34-52(71(2,3)4)41-56(63)50-27-19-14-20-28-50)68-43-55(42-67(77)70(68)69)76(53-29-21-15-22-30-53)54-31-23-16-24-32-54/h13-36,39-46,69H,37-38,47H2,1-12H3. The van der Waals surface area contributed by atoms with Crippen LogP contribution < -0.4 is 14.7 Å². The Morgan fingerprint density at radius 2 is 0.872 bits per heavy atom. The van der Waals surface area contributed by atoms with Crippen LogP contribution in [0.2, 0.25) is 0 Å². The second kappa shape index (κ2) is 17.7. The molecule has 13 rings (SSSR count). The lowest BCUT2D eigenvalue weighted by molar-refractivity contribution is 0.332. The van der Waals surface area contributed by atoms with E-state index in [0.29, 0.717) is 0 Å². The highest BCUT2D eigenvalue weighted by Crippen LogP contribution is 2.65. The number of para-hydroxylation sites is 2. The molecule has 0 saturated heterocycles. The number of hydrogen-bond donors (Lipinski definition) is 0. The van der Waals surface area contributed by atoms with Crippen molar-refractivity contribution in [2.45, 2.75) is 135 Å². The third kappa shape index (κ3) is 7.97. The van der Waals surface area contributed by atoms with E-state index >= 15 is 0 Å². The van der Waals surface area contributed by atoms with Crippen LogP contribution in [0, 0.1) is 6.92 Å². The van der Waals surface area contributed by atoms with Gasteiger partial charge in [0.2, 0.25) is 0 Å². The molecule has 0 radical (unpaired) electrons. The monoisotopic (exact) mass is 1020 g/mol. The second-order valence-corrected chi connectivity index (χ2v) is 26.8. The SMILES string of the molecule is Cc1cc2c(cc1N1c3ccc(-c4ccccc4)cc3C3c4cc5c(cc4N(c4ccc(C(C)(C)C)cc4-c4ccccc4)c4cc(N(c6ccccc6)c6ccccc6)cc1c43)C(C)(C)CC5(C)C)C(C)(C)CCC2(C)C. The molecule has 0 saturated carbocycles. The number of hydrogen-bond acceptors (Lipinski definition) is 3. The summed E-state index contributed by atoms with van der Waals surface area (Å²) in [5.41, 5.74) is 28.0. The molecule has 4 aliphatic rings. The molecule has 1 atom stereocenters. The van der Waals surface area contributed by atoms with Crippen LogP contribution in [0.5, 0.6) is 0 Å². The molecule has 0 fully saturated rings. The Morgan fingerprint density at radius 3 is 1.45 bits per heavy atom. The van der Waals surface area contributed by atoms with Crippen molar-refractivity contribution in [3.63, 3.8) is 0 Å². The lowest BCUT2D eigenvalue weighted by atomic mass is 9.62. The lowest BCUT2D eigenvalue weighted by Crippen LogP contribution is -2.35. The van der Waals surface area contributed by atoms with Gasteiger partial charge >= 0.3 is 0 Å². The van der Waals surface area contributed by atoms with Gasteiger partial charge in [-0.25, -0.2) is 0 Å². The quantitative estimate of drug-likeness (QED) is 0.158. The Bertz CT molecular complexity index is 3780. The van der Waals surface area contributed by atoms with E-state index < -0.39 is 0 Å². The number of rotatable bonds is 7. The van der Waals surface area contributed by atoms with Crippen LogP contribution >= 0.6 is 0 Å². The van der Waals surface area contributed by atoms with Crippen molar-refractivity contribution in [1.82, 2.24) is 0 Å². The zero-order chi connectivity index (χ0) is 54.3. The van der Waals surface area contributed by atoms with E-state index in [4.69, 9.17) is 0 Å². The van der Waals surface area contributed by atoms with Crippen LogP contribution in [0.3, 0.4) is 0 Å². The van der Waals surface area contributed by atoms with E-state index in [1.165, 1.54) is 113 Å². The van der Waals surface area contributed by atoms with Crippen molar-refractivity contribution in [3.8, 4) is 22.3 Å². The van der Waals surface area contributed by atoms with Crippen LogP contribution in [-0.4, -0.2) is 0 Å². The first-order chi connectivity index (χ1) is 37.2. The molecule has 0 aromatic heterocycles. The van der Waals surface area contributed by atoms with Crippen molar-refractivity contribution in [1.29, 1.82) is 0 Å². The number of aryl methyl sites for hydroxylation is 1. The molecule has 2 aliphatic carbocycles. The Balaban J connectivity index is 1.22. The van der Waals surface area contributed by atoms with Gasteiger partial charge in [-0.3, -0.25) is 0 Å². The molecular weight excluding hydrogens is 943 g/mol. The highest BCUT2D eigenvalue weighted by atomic mass is 15.2. The van der Waals surface area contributed by atoms with Gasteiger partial charge in [0.15, 0.2) is 0 Å². The average Bonchev–Trinajstić information content (AvgIpc) is 3.40. The van der Waals surface area contributed by atoms with Crippen molar-refractivity contribution < 1.29 is 0 Å². The number of nitrogens with zero attached hydrogens (tertiary/aromatic N) is 3. The molecule has 0 N–H and O–H groups in total. The van der Waals surface area contributed by atoms with Crippen molar-refractivity contribution in [2.24, 2.45) is 0 Å². The summed E-state index contributed by atoms with van der Waals surface area (Å²) in [5.74, 6) is -0.0840. The van der Waals surface area contributed by atoms with Gasteiger partial charge in [-0.1, -0.05) is 197 Å². The minimum atomic E-state index is -0.0840. The molecule has 78 heavy (non-hydrogen) atoms. The first-order valence-electron chi connectivity index (χ1n) is 28.6. The van der Waals surface area contributed by atoms with E-state index in [9.17, 15) is 0 Å². The second-order valence-electron chi connectivity index (χ2n) is 26.8. The molecule has 1 unspecified atom stereocenters. The predicted molar refractivity (Wildman–Crippen MR) is 332 cm³/mol. The van der Waals surface area contributed by atoms with E-state index in [-0.39, 0.29) is 33.0 Å². The third-order valence-electron chi connectivity index (χ3n) is 18.5. The van der Waals surface area contributed by atoms with Crippen LogP contribution in [0.15, 0.2) is 194 Å². The smallest absolute Gasteiger partial charge is 0.0545 e. The van der Waals surface area contributed by atoms with Crippen molar-refractivity contribution >= 4 is 51.2 Å². The Labute approximate surface area is 465 Å². The summed E-state index contributed by atoms with van der Waals surface area (Å²) in [4.78, 5) is 7.87. The molecule has 0 amide bonds. The van der Waals surface area contributed by atoms with Gasteiger partial charge in [0.25, 0.3) is 0 Å². The van der Waals surface area contributed by atoms with Gasteiger partial charge in [0, 0.05) is 34.1 Å². The minimum absolute atomic E-state index is 0.00801. The lowest BCUT2D eigenvalue weighted by Gasteiger charge is -2.48. The van der Waals surface area contributed by atoms with Gasteiger partial charge in [-0.2, -0.15) is 0 Å². The summed E-state index contributed by atoms with van der Waals surface area (Å²) < 4.78 is 0. The molecule has 3 heteroatoms. The molecule has 2 heterocycles. The predicted octanol–water partition coefficient (Wildman–Crippen LogP) is 21.2. The summed E-state index contributed by atoms with van der Waals surface area (Å²) in [7, 11) is 0. The van der Waals surface area contributed by atoms with E-state index in [2.05, 4.69) is 292 Å². The van der Waals surface area contributed by atoms with Crippen LogP contribution in [0.1, 0.15) is 151 Å². The molecule has 0 spiro atoms. The normalized spacial score (nSPS) is 17.8. The summed E-state index contributed by atoms with van der Waals surface area (Å²) >= 11 is 0. The molecule has 9 aromatic carbocycles. The molecule has 9 aromatic rings. The van der Waals surface area contributed by atoms with Crippen LogP contribution in [0.4, 0.5) is 51.2 Å². The Kier molecular flexibility index (Phi) is 11.3. The molecule has 0 bridgehead atoms. The fourth-order valence-corrected chi connectivity index (χ4v) is 14.5. The number of fused-ring (bicyclic) bond motifs is 6. The van der Waals surface area contributed by atoms with Gasteiger partial charge in [0.1, 0.15) is 0 Å². The third-order valence-corrected chi connectivity index (χ3v) is 18.5. The van der Waals surface area contributed by atoms with Crippen molar-refractivity contribution in [3.05, 3.63) is 244 Å². The van der Waals surface area contributed by atoms with Gasteiger partial charge < -0.3 is 14.7 Å². The van der Waals surface area contributed by atoms with E-state index in [1.54, 1.807) is 0 Å². The highest BCUT2D eigenvalue weighted by Gasteiger charge is 2.48. The van der Waals surface area contributed by atoms with Crippen molar-refractivity contribution in [2.75, 3.05) is 14.7 Å². The largest absolute Gasteiger partial charge is 0.310 e. The summed E-state index contributed by atoms with van der Waals surface area (Å²) in [5, 5.41) is 0. The minimum Gasteiger partial charge on any atom is -0.310 e. The number of benzene rings is 9. The average molecular weight is 1020 g/mol. The number of anilines is 9. The fraction of sp³-hybridized carbons (Fsp3) is 0.280. The summed E-state index contributed by atoms with van der Waals surface area (Å²) in [6.07, 6.45) is 3.39. The highest BCUT2D eigenvalue weighted by molar-refractivity contribution is 6.02. The maximum Gasteiger partial charge on any atom is 0.0545 e. The van der Waals surface area contributed by atoms with Gasteiger partial charge in [0.05, 0.1) is 34.1 Å². The van der Waals surface area contributed by atoms with Gasteiger partial charge in [-0.15, -0.1) is 0 Å².